The second kappa shape index (κ2) is 4.71. The van der Waals surface area contributed by atoms with Gasteiger partial charge in [-0.25, -0.2) is 5.06 Å². The van der Waals surface area contributed by atoms with Gasteiger partial charge in [0.25, 0.3) is 5.91 Å². The number of likely N-dealkylation sites (N-methyl/N-ethyl adjacent to an activating group) is 1. The summed E-state index contributed by atoms with van der Waals surface area (Å²) < 4.78 is 0. The first-order valence-electron chi connectivity index (χ1n) is 5.60. The van der Waals surface area contributed by atoms with Gasteiger partial charge in [-0.15, -0.1) is 0 Å². The lowest BCUT2D eigenvalue weighted by Crippen LogP contribution is -2.45. The van der Waals surface area contributed by atoms with E-state index >= 15 is 0 Å². The SMILES string of the molecule is CN1OC(C)(C)C(O)=C(c2cc(Cl)ccc2Cl)C1=O. The van der Waals surface area contributed by atoms with E-state index in [1.54, 1.807) is 32.0 Å². The highest BCUT2D eigenvalue weighted by Crippen LogP contribution is 2.37. The summed E-state index contributed by atoms with van der Waals surface area (Å²) in [6.45, 7) is 3.31. The van der Waals surface area contributed by atoms with Gasteiger partial charge < -0.3 is 5.11 Å². The van der Waals surface area contributed by atoms with Crippen LogP contribution in [0.25, 0.3) is 5.57 Å². The zero-order valence-corrected chi connectivity index (χ0v) is 12.2. The summed E-state index contributed by atoms with van der Waals surface area (Å²) >= 11 is 12.0. The third-order valence-corrected chi connectivity index (χ3v) is 3.43. The number of carbonyl (C=O) groups is 1. The minimum absolute atomic E-state index is 0.103. The van der Waals surface area contributed by atoms with Crippen molar-refractivity contribution in [2.75, 3.05) is 7.05 Å². The van der Waals surface area contributed by atoms with Crippen molar-refractivity contribution in [2.45, 2.75) is 19.4 Å². The number of hydrogen-bond donors (Lipinski definition) is 1. The average molecular weight is 302 g/mol. The van der Waals surface area contributed by atoms with E-state index in [2.05, 4.69) is 0 Å². The van der Waals surface area contributed by atoms with E-state index in [0.29, 0.717) is 15.6 Å². The van der Waals surface area contributed by atoms with Crippen LogP contribution in [0, 0.1) is 0 Å². The van der Waals surface area contributed by atoms with E-state index in [0.717, 1.165) is 5.06 Å². The van der Waals surface area contributed by atoms with Gasteiger partial charge in [-0.3, -0.25) is 9.63 Å². The van der Waals surface area contributed by atoms with Gasteiger partial charge in [0.1, 0.15) is 11.4 Å². The first kappa shape index (κ1) is 14.2. The molecule has 4 nitrogen and oxygen atoms in total. The normalized spacial score (nSPS) is 19.0. The molecule has 1 aliphatic heterocycles. The molecule has 1 aromatic rings. The molecular weight excluding hydrogens is 289 g/mol. The van der Waals surface area contributed by atoms with Crippen molar-refractivity contribution in [1.29, 1.82) is 0 Å². The van der Waals surface area contributed by atoms with Gasteiger partial charge in [0.2, 0.25) is 0 Å². The third-order valence-electron chi connectivity index (χ3n) is 2.87. The number of aliphatic hydroxyl groups is 1. The second-order valence-electron chi connectivity index (χ2n) is 4.75. The smallest absolute Gasteiger partial charge is 0.281 e. The van der Waals surface area contributed by atoms with Gasteiger partial charge in [-0.1, -0.05) is 23.2 Å². The van der Waals surface area contributed by atoms with Crippen molar-refractivity contribution < 1.29 is 14.7 Å². The predicted molar refractivity (Wildman–Crippen MR) is 73.9 cm³/mol. The van der Waals surface area contributed by atoms with Gasteiger partial charge in [0, 0.05) is 22.7 Å². The third kappa shape index (κ3) is 2.43. The monoisotopic (exact) mass is 301 g/mol. The highest BCUT2D eigenvalue weighted by Gasteiger charge is 2.40. The van der Waals surface area contributed by atoms with Crippen molar-refractivity contribution in [3.05, 3.63) is 39.6 Å². The van der Waals surface area contributed by atoms with E-state index in [4.69, 9.17) is 28.0 Å². The number of halogens is 2. The van der Waals surface area contributed by atoms with Crippen LogP contribution in [0.5, 0.6) is 0 Å². The van der Waals surface area contributed by atoms with Crippen LogP contribution < -0.4 is 0 Å². The molecule has 0 saturated heterocycles. The lowest BCUT2D eigenvalue weighted by molar-refractivity contribution is -0.218. The van der Waals surface area contributed by atoms with Crippen LogP contribution in [0.3, 0.4) is 0 Å². The van der Waals surface area contributed by atoms with Crippen molar-refractivity contribution in [1.82, 2.24) is 5.06 Å². The minimum atomic E-state index is -1.01. The molecule has 0 unspecified atom stereocenters. The molecular formula is C13H13Cl2NO3. The molecule has 6 heteroatoms. The number of nitrogens with zero attached hydrogens (tertiary/aromatic N) is 1. The van der Waals surface area contributed by atoms with Gasteiger partial charge >= 0.3 is 0 Å². The lowest BCUT2D eigenvalue weighted by Gasteiger charge is -2.36. The Morgan fingerprint density at radius 1 is 1.32 bits per heavy atom. The number of hydrogen-bond acceptors (Lipinski definition) is 3. The zero-order chi connectivity index (χ0) is 14.4. The van der Waals surface area contributed by atoms with Gasteiger partial charge in [-0.2, -0.15) is 0 Å². The van der Waals surface area contributed by atoms with Crippen LogP contribution in [0.1, 0.15) is 19.4 Å². The molecule has 2 rings (SSSR count). The van der Waals surface area contributed by atoms with Crippen molar-refractivity contribution in [3.63, 3.8) is 0 Å². The maximum Gasteiger partial charge on any atom is 0.281 e. The summed E-state index contributed by atoms with van der Waals surface area (Å²) in [5, 5.41) is 12.1. The standard InChI is InChI=1S/C13H13Cl2NO3/c1-13(2)11(17)10(12(18)16(3)19-13)8-6-7(14)4-5-9(8)15/h4-6,17H,1-3H3. The molecule has 0 aliphatic carbocycles. The summed E-state index contributed by atoms with van der Waals surface area (Å²) in [4.78, 5) is 17.5. The highest BCUT2D eigenvalue weighted by atomic mass is 35.5. The largest absolute Gasteiger partial charge is 0.508 e. The molecule has 0 bridgehead atoms. The molecule has 1 amide bonds. The Balaban J connectivity index is 2.70. The first-order chi connectivity index (χ1) is 8.74. The molecule has 0 aromatic heterocycles. The molecule has 1 N–H and O–H groups in total. The summed E-state index contributed by atoms with van der Waals surface area (Å²) in [7, 11) is 1.48. The summed E-state index contributed by atoms with van der Waals surface area (Å²) in [5.41, 5.74) is -0.518. The highest BCUT2D eigenvalue weighted by molar-refractivity contribution is 6.36. The maximum absolute atomic E-state index is 12.2. The van der Waals surface area contributed by atoms with Crippen molar-refractivity contribution in [2.24, 2.45) is 0 Å². The molecule has 0 radical (unpaired) electrons. The number of amides is 1. The van der Waals surface area contributed by atoms with Crippen LogP contribution in [0.2, 0.25) is 10.0 Å². The molecule has 0 saturated carbocycles. The van der Waals surface area contributed by atoms with Gasteiger partial charge in [0.15, 0.2) is 0 Å². The fraction of sp³-hybridized carbons (Fsp3) is 0.308. The fourth-order valence-corrected chi connectivity index (χ4v) is 2.30. The Morgan fingerprint density at radius 3 is 2.58 bits per heavy atom. The molecule has 0 spiro atoms. The van der Waals surface area contributed by atoms with Crippen LogP contribution in [0.15, 0.2) is 24.0 Å². The summed E-state index contributed by atoms with van der Waals surface area (Å²) in [5.74, 6) is -0.638. The summed E-state index contributed by atoms with van der Waals surface area (Å²) in [6, 6.07) is 4.74. The number of carbonyl (C=O) groups excluding carboxylic acids is 1. The van der Waals surface area contributed by atoms with E-state index < -0.39 is 11.5 Å². The Bertz CT molecular complexity index is 581. The van der Waals surface area contributed by atoms with E-state index in [-0.39, 0.29) is 11.3 Å². The van der Waals surface area contributed by atoms with Crippen LogP contribution in [-0.2, 0) is 9.63 Å². The number of hydroxylamine groups is 2. The van der Waals surface area contributed by atoms with Crippen LogP contribution in [0.4, 0.5) is 0 Å². The minimum Gasteiger partial charge on any atom is -0.508 e. The Hall–Kier alpha value is -1.23. The summed E-state index contributed by atoms with van der Waals surface area (Å²) in [6.07, 6.45) is 0. The molecule has 0 fully saturated rings. The fourth-order valence-electron chi connectivity index (χ4n) is 1.92. The molecule has 102 valence electrons. The van der Waals surface area contributed by atoms with E-state index in [9.17, 15) is 9.90 Å². The number of aliphatic hydroxyl groups excluding tert-OH is 1. The number of benzene rings is 1. The molecule has 1 heterocycles. The van der Waals surface area contributed by atoms with Crippen LogP contribution in [-0.4, -0.2) is 28.7 Å². The van der Waals surface area contributed by atoms with Gasteiger partial charge in [-0.05, 0) is 32.0 Å². The topological polar surface area (TPSA) is 49.8 Å². The average Bonchev–Trinajstić information content (AvgIpc) is 2.31. The van der Waals surface area contributed by atoms with Crippen LogP contribution >= 0.6 is 23.2 Å². The first-order valence-corrected chi connectivity index (χ1v) is 6.36. The van der Waals surface area contributed by atoms with E-state index in [1.165, 1.54) is 7.05 Å². The lowest BCUT2D eigenvalue weighted by atomic mass is 9.94. The van der Waals surface area contributed by atoms with E-state index in [1.807, 2.05) is 0 Å². The second-order valence-corrected chi connectivity index (χ2v) is 5.60. The molecule has 1 aliphatic rings. The molecule has 0 atom stereocenters. The van der Waals surface area contributed by atoms with Crippen molar-refractivity contribution in [3.8, 4) is 0 Å². The molecule has 1 aromatic carbocycles. The number of rotatable bonds is 1. The predicted octanol–water partition coefficient (Wildman–Crippen LogP) is 3.44. The zero-order valence-electron chi connectivity index (χ0n) is 10.7. The van der Waals surface area contributed by atoms with Crippen molar-refractivity contribution >= 4 is 34.7 Å². The Labute approximate surface area is 121 Å². The maximum atomic E-state index is 12.2. The van der Waals surface area contributed by atoms with Gasteiger partial charge in [0.05, 0.1) is 5.57 Å². The quantitative estimate of drug-likeness (QED) is 0.864. The Kier molecular flexibility index (Phi) is 3.51. The molecule has 19 heavy (non-hydrogen) atoms. The Morgan fingerprint density at radius 2 is 1.95 bits per heavy atom.